The van der Waals surface area contributed by atoms with Gasteiger partial charge in [-0.25, -0.2) is 9.97 Å². The molecule has 2 heterocycles. The Balaban J connectivity index is 1.49. The zero-order chi connectivity index (χ0) is 24.1. The summed E-state index contributed by atoms with van der Waals surface area (Å²) in [5.74, 6) is 0.187. The average Bonchev–Trinajstić information content (AvgIpc) is 3.21. The van der Waals surface area contributed by atoms with Crippen LogP contribution in [0.15, 0.2) is 59.6 Å². The van der Waals surface area contributed by atoms with Crippen LogP contribution in [-0.4, -0.2) is 34.1 Å². The van der Waals surface area contributed by atoms with Crippen LogP contribution < -0.4 is 15.4 Å². The summed E-state index contributed by atoms with van der Waals surface area (Å²) >= 11 is 2.65. The number of hydrogen-bond acceptors (Lipinski definition) is 7. The quantitative estimate of drug-likeness (QED) is 0.307. The summed E-state index contributed by atoms with van der Waals surface area (Å²) in [4.78, 5) is 34.8. The van der Waals surface area contributed by atoms with Gasteiger partial charge in [-0.2, -0.15) is 0 Å². The minimum absolute atomic E-state index is 0.0988. The van der Waals surface area contributed by atoms with Crippen molar-refractivity contribution in [2.24, 2.45) is 0 Å². The molecule has 9 heteroatoms. The monoisotopic (exact) mass is 492 g/mol. The number of aryl methyl sites for hydroxylation is 2. The first-order valence-corrected chi connectivity index (χ1v) is 12.5. The topological polar surface area (TPSA) is 93.2 Å². The number of para-hydroxylation sites is 3. The fourth-order valence-electron chi connectivity index (χ4n) is 3.43. The molecule has 0 radical (unpaired) electrons. The van der Waals surface area contributed by atoms with Crippen LogP contribution >= 0.6 is 23.1 Å². The van der Waals surface area contributed by atoms with Crippen molar-refractivity contribution >= 4 is 55.9 Å². The predicted molar refractivity (Wildman–Crippen MR) is 138 cm³/mol. The van der Waals surface area contributed by atoms with Crippen LogP contribution in [0.1, 0.15) is 28.5 Å². The normalized spacial score (nSPS) is 10.8. The van der Waals surface area contributed by atoms with E-state index in [0.29, 0.717) is 33.8 Å². The van der Waals surface area contributed by atoms with Crippen LogP contribution in [-0.2, 0) is 4.79 Å². The van der Waals surface area contributed by atoms with E-state index in [9.17, 15) is 9.59 Å². The second-order valence-electron chi connectivity index (χ2n) is 7.47. The van der Waals surface area contributed by atoms with Crippen molar-refractivity contribution in [3.63, 3.8) is 0 Å². The smallest absolute Gasteiger partial charge is 0.258 e. The number of rotatable bonds is 8. The maximum Gasteiger partial charge on any atom is 0.258 e. The molecule has 0 aliphatic carbocycles. The summed E-state index contributed by atoms with van der Waals surface area (Å²) in [5, 5.41) is 6.82. The molecular formula is C25H24N4O3S2. The number of thioether (sulfide) groups is 1. The molecule has 2 aromatic heterocycles. The largest absolute Gasteiger partial charge is 0.492 e. The zero-order valence-corrected chi connectivity index (χ0v) is 20.7. The number of amides is 2. The molecular weight excluding hydrogens is 468 g/mol. The van der Waals surface area contributed by atoms with E-state index in [2.05, 4.69) is 20.6 Å². The van der Waals surface area contributed by atoms with Crippen LogP contribution in [0.2, 0.25) is 0 Å². The molecule has 2 N–H and O–H groups in total. The van der Waals surface area contributed by atoms with Gasteiger partial charge in [0.25, 0.3) is 5.91 Å². The second-order valence-corrected chi connectivity index (χ2v) is 9.46. The molecule has 4 aromatic rings. The van der Waals surface area contributed by atoms with Crippen molar-refractivity contribution in [2.45, 2.75) is 25.8 Å². The van der Waals surface area contributed by atoms with Gasteiger partial charge in [-0.1, -0.05) is 47.4 Å². The van der Waals surface area contributed by atoms with Gasteiger partial charge >= 0.3 is 0 Å². The van der Waals surface area contributed by atoms with Gasteiger partial charge < -0.3 is 15.4 Å². The summed E-state index contributed by atoms with van der Waals surface area (Å²) in [7, 11) is 0. The SMILES string of the molecule is CCOc1ccccc1NC(=O)c1c(C)cc(C)nc1SCC(=O)Nc1nc2ccccc2s1. The highest BCUT2D eigenvalue weighted by atomic mass is 32.2. The van der Waals surface area contributed by atoms with Crippen molar-refractivity contribution in [1.82, 2.24) is 9.97 Å². The highest BCUT2D eigenvalue weighted by Gasteiger charge is 2.20. The van der Waals surface area contributed by atoms with Crippen LogP contribution in [0.5, 0.6) is 5.75 Å². The van der Waals surface area contributed by atoms with E-state index in [4.69, 9.17) is 4.74 Å². The van der Waals surface area contributed by atoms with E-state index in [1.54, 1.807) is 12.1 Å². The van der Waals surface area contributed by atoms with Crippen molar-refractivity contribution in [3.05, 3.63) is 71.4 Å². The fourth-order valence-corrected chi connectivity index (χ4v) is 5.26. The average molecular weight is 493 g/mol. The van der Waals surface area contributed by atoms with E-state index in [-0.39, 0.29) is 17.6 Å². The van der Waals surface area contributed by atoms with Crippen LogP contribution in [0.4, 0.5) is 10.8 Å². The lowest BCUT2D eigenvalue weighted by Gasteiger charge is -2.15. The Hall–Kier alpha value is -3.43. The van der Waals surface area contributed by atoms with E-state index >= 15 is 0 Å². The molecule has 0 bridgehead atoms. The minimum Gasteiger partial charge on any atom is -0.492 e. The van der Waals surface area contributed by atoms with Crippen molar-refractivity contribution in [2.75, 3.05) is 23.0 Å². The van der Waals surface area contributed by atoms with E-state index < -0.39 is 0 Å². The lowest BCUT2D eigenvalue weighted by Crippen LogP contribution is -2.18. The molecule has 0 aliphatic rings. The lowest BCUT2D eigenvalue weighted by atomic mass is 10.1. The number of fused-ring (bicyclic) bond motifs is 1. The van der Waals surface area contributed by atoms with Gasteiger partial charge in [0.1, 0.15) is 10.8 Å². The number of carbonyl (C=O) groups is 2. The first-order chi connectivity index (χ1) is 16.4. The molecule has 34 heavy (non-hydrogen) atoms. The molecule has 174 valence electrons. The number of aromatic nitrogens is 2. The van der Waals surface area contributed by atoms with Crippen molar-refractivity contribution in [3.8, 4) is 5.75 Å². The van der Waals surface area contributed by atoms with E-state index in [0.717, 1.165) is 21.5 Å². The van der Waals surface area contributed by atoms with Gasteiger partial charge in [-0.15, -0.1) is 0 Å². The molecule has 2 aromatic carbocycles. The molecule has 7 nitrogen and oxygen atoms in total. The summed E-state index contributed by atoms with van der Waals surface area (Å²) in [6, 6.07) is 16.9. The molecule has 0 saturated heterocycles. The number of pyridine rings is 1. The number of thiazole rings is 1. The lowest BCUT2D eigenvalue weighted by molar-refractivity contribution is -0.113. The van der Waals surface area contributed by atoms with Gasteiger partial charge in [0, 0.05) is 5.69 Å². The summed E-state index contributed by atoms with van der Waals surface area (Å²) < 4.78 is 6.62. The minimum atomic E-state index is -0.300. The Labute approximate surface area is 206 Å². The van der Waals surface area contributed by atoms with Crippen LogP contribution in [0.25, 0.3) is 10.2 Å². The van der Waals surface area contributed by atoms with Gasteiger partial charge in [0.15, 0.2) is 5.13 Å². The molecule has 0 fully saturated rings. The molecule has 4 rings (SSSR count). The summed E-state index contributed by atoms with van der Waals surface area (Å²) in [6.07, 6.45) is 0. The number of hydrogen-bond donors (Lipinski definition) is 2. The second kappa shape index (κ2) is 10.7. The first kappa shape index (κ1) is 23.7. The number of nitrogens with zero attached hydrogens (tertiary/aromatic N) is 2. The fraction of sp³-hybridized carbons (Fsp3) is 0.200. The third-order valence-corrected chi connectivity index (χ3v) is 6.78. The molecule has 0 spiro atoms. The number of benzene rings is 2. The van der Waals surface area contributed by atoms with Gasteiger partial charge in [-0.05, 0) is 56.7 Å². The number of ether oxygens (including phenoxy) is 1. The van der Waals surface area contributed by atoms with Crippen LogP contribution in [0, 0.1) is 13.8 Å². The zero-order valence-electron chi connectivity index (χ0n) is 19.0. The Morgan fingerprint density at radius 2 is 1.79 bits per heavy atom. The molecule has 0 saturated carbocycles. The maximum absolute atomic E-state index is 13.2. The third kappa shape index (κ3) is 5.55. The highest BCUT2D eigenvalue weighted by molar-refractivity contribution is 8.00. The number of nitrogens with one attached hydrogen (secondary N) is 2. The number of anilines is 2. The Kier molecular flexibility index (Phi) is 7.44. The first-order valence-electron chi connectivity index (χ1n) is 10.7. The maximum atomic E-state index is 13.2. The Morgan fingerprint density at radius 1 is 1.03 bits per heavy atom. The third-order valence-electron chi connectivity index (χ3n) is 4.85. The molecule has 0 aliphatic heterocycles. The standard InChI is InChI=1S/C25H24N4O3S2/c1-4-32-19-11-7-5-9-17(19)27-23(31)22-15(2)13-16(3)26-24(22)33-14-21(30)29-25-28-18-10-6-8-12-20(18)34-25/h5-13H,4,14H2,1-3H3,(H,27,31)(H,28,29,30). The van der Waals surface area contributed by atoms with E-state index in [1.165, 1.54) is 23.1 Å². The predicted octanol–water partition coefficient (Wildman–Crippen LogP) is 5.69. The summed E-state index contributed by atoms with van der Waals surface area (Å²) in [6.45, 7) is 6.11. The Bertz CT molecular complexity index is 1320. The van der Waals surface area contributed by atoms with Gasteiger partial charge in [0.2, 0.25) is 5.91 Å². The molecule has 0 unspecified atom stereocenters. The Morgan fingerprint density at radius 3 is 2.59 bits per heavy atom. The van der Waals surface area contributed by atoms with E-state index in [1.807, 2.05) is 63.2 Å². The highest BCUT2D eigenvalue weighted by Crippen LogP contribution is 2.29. The van der Waals surface area contributed by atoms with Crippen molar-refractivity contribution < 1.29 is 14.3 Å². The van der Waals surface area contributed by atoms with Crippen LogP contribution in [0.3, 0.4) is 0 Å². The molecule has 2 amide bonds. The van der Waals surface area contributed by atoms with Crippen molar-refractivity contribution in [1.29, 1.82) is 0 Å². The number of carbonyl (C=O) groups excluding carboxylic acids is 2. The summed E-state index contributed by atoms with van der Waals surface area (Å²) in [5.41, 5.74) is 3.43. The van der Waals surface area contributed by atoms with Gasteiger partial charge in [-0.3, -0.25) is 9.59 Å². The molecule has 0 atom stereocenters. The van der Waals surface area contributed by atoms with Gasteiger partial charge in [0.05, 0.1) is 33.8 Å².